The molecule has 2 aromatic rings. The second-order valence-electron chi connectivity index (χ2n) is 4.32. The monoisotopic (exact) mass is 311 g/mol. The Morgan fingerprint density at radius 3 is 2.50 bits per heavy atom. The standard InChI is InChI=1S/C13H17N3O2S2/c1-16(9-8-12-3-2-10-19-12)20(17,18)13-6-4-11(15-14)5-7-13/h2-7,10,15H,8-9,14H2,1H3. The highest BCUT2D eigenvalue weighted by Crippen LogP contribution is 2.18. The van der Waals surface area contributed by atoms with Gasteiger partial charge in [-0.25, -0.2) is 12.7 Å². The molecule has 0 bridgehead atoms. The van der Waals surface area contributed by atoms with E-state index in [1.165, 1.54) is 9.18 Å². The average Bonchev–Trinajstić information content (AvgIpc) is 2.98. The Morgan fingerprint density at radius 2 is 1.95 bits per heavy atom. The number of hydrogen-bond donors (Lipinski definition) is 2. The minimum Gasteiger partial charge on any atom is -0.324 e. The zero-order valence-electron chi connectivity index (χ0n) is 11.1. The highest BCUT2D eigenvalue weighted by Gasteiger charge is 2.20. The van der Waals surface area contributed by atoms with Crippen molar-refractivity contribution in [3.05, 3.63) is 46.7 Å². The summed E-state index contributed by atoms with van der Waals surface area (Å²) in [6, 6.07) is 10.3. The lowest BCUT2D eigenvalue weighted by Crippen LogP contribution is -2.28. The second-order valence-corrected chi connectivity index (χ2v) is 7.40. The molecule has 108 valence electrons. The van der Waals surface area contributed by atoms with Crippen molar-refractivity contribution in [2.75, 3.05) is 19.0 Å². The van der Waals surface area contributed by atoms with E-state index in [0.717, 1.165) is 6.42 Å². The molecule has 0 saturated heterocycles. The van der Waals surface area contributed by atoms with Crippen LogP contribution in [0.2, 0.25) is 0 Å². The lowest BCUT2D eigenvalue weighted by molar-refractivity contribution is 0.473. The van der Waals surface area contributed by atoms with Gasteiger partial charge in [-0.2, -0.15) is 0 Å². The fourth-order valence-corrected chi connectivity index (χ4v) is 3.62. The molecule has 2 rings (SSSR count). The summed E-state index contributed by atoms with van der Waals surface area (Å²) in [5.41, 5.74) is 3.14. The normalized spacial score (nSPS) is 11.8. The maximum absolute atomic E-state index is 12.4. The number of anilines is 1. The van der Waals surface area contributed by atoms with Crippen LogP contribution in [0.5, 0.6) is 0 Å². The highest BCUT2D eigenvalue weighted by molar-refractivity contribution is 7.89. The number of rotatable bonds is 6. The van der Waals surface area contributed by atoms with Crippen LogP contribution in [0.3, 0.4) is 0 Å². The lowest BCUT2D eigenvalue weighted by Gasteiger charge is -2.17. The Kier molecular flexibility index (Phi) is 4.77. The molecule has 0 radical (unpaired) electrons. The number of sulfonamides is 1. The van der Waals surface area contributed by atoms with Crippen LogP contribution >= 0.6 is 11.3 Å². The van der Waals surface area contributed by atoms with E-state index in [2.05, 4.69) is 5.43 Å². The molecule has 1 aromatic carbocycles. The molecular weight excluding hydrogens is 294 g/mol. The third kappa shape index (κ3) is 3.37. The topological polar surface area (TPSA) is 75.4 Å². The molecule has 1 heterocycles. The van der Waals surface area contributed by atoms with Crippen molar-refractivity contribution < 1.29 is 8.42 Å². The van der Waals surface area contributed by atoms with Gasteiger partial charge in [0.2, 0.25) is 10.0 Å². The van der Waals surface area contributed by atoms with E-state index in [-0.39, 0.29) is 4.90 Å². The van der Waals surface area contributed by atoms with Gasteiger partial charge in [-0.15, -0.1) is 11.3 Å². The maximum atomic E-state index is 12.4. The van der Waals surface area contributed by atoms with Crippen LogP contribution in [0.4, 0.5) is 5.69 Å². The first kappa shape index (κ1) is 15.0. The predicted molar refractivity (Wildman–Crippen MR) is 82.1 cm³/mol. The summed E-state index contributed by atoms with van der Waals surface area (Å²) in [5, 5.41) is 1.99. The largest absolute Gasteiger partial charge is 0.324 e. The molecular formula is C13H17N3O2S2. The van der Waals surface area contributed by atoms with E-state index in [1.807, 2.05) is 17.5 Å². The Bertz CT molecular complexity index is 637. The number of benzene rings is 1. The molecule has 0 aliphatic carbocycles. The molecule has 0 aliphatic heterocycles. The summed E-state index contributed by atoms with van der Waals surface area (Å²) in [4.78, 5) is 1.44. The Hall–Kier alpha value is -1.41. The summed E-state index contributed by atoms with van der Waals surface area (Å²) in [6.07, 6.45) is 0.718. The summed E-state index contributed by atoms with van der Waals surface area (Å²) in [6.45, 7) is 0.458. The first-order valence-electron chi connectivity index (χ1n) is 6.09. The molecule has 20 heavy (non-hydrogen) atoms. The number of likely N-dealkylation sites (N-methyl/N-ethyl adjacent to an activating group) is 1. The lowest BCUT2D eigenvalue weighted by atomic mass is 10.3. The number of nitrogens with one attached hydrogen (secondary N) is 1. The van der Waals surface area contributed by atoms with Gasteiger partial charge in [-0.1, -0.05) is 6.07 Å². The van der Waals surface area contributed by atoms with Gasteiger partial charge in [0.25, 0.3) is 0 Å². The van der Waals surface area contributed by atoms with E-state index in [0.29, 0.717) is 12.2 Å². The van der Waals surface area contributed by atoms with Gasteiger partial charge >= 0.3 is 0 Å². The van der Waals surface area contributed by atoms with Crippen molar-refractivity contribution >= 4 is 27.0 Å². The van der Waals surface area contributed by atoms with Crippen LogP contribution in [0, 0.1) is 0 Å². The first-order valence-corrected chi connectivity index (χ1v) is 8.41. The Morgan fingerprint density at radius 1 is 1.25 bits per heavy atom. The van der Waals surface area contributed by atoms with E-state index < -0.39 is 10.0 Å². The fraction of sp³-hybridized carbons (Fsp3) is 0.231. The third-order valence-corrected chi connectivity index (χ3v) is 5.79. The van der Waals surface area contributed by atoms with Gasteiger partial charge in [0, 0.05) is 24.2 Å². The number of nitrogens with zero attached hydrogens (tertiary/aromatic N) is 1. The zero-order chi connectivity index (χ0) is 14.6. The van der Waals surface area contributed by atoms with Crippen molar-refractivity contribution in [2.24, 2.45) is 5.84 Å². The van der Waals surface area contributed by atoms with Gasteiger partial charge in [0.1, 0.15) is 0 Å². The second kappa shape index (κ2) is 6.36. The summed E-state index contributed by atoms with van der Waals surface area (Å²) < 4.78 is 26.1. The summed E-state index contributed by atoms with van der Waals surface area (Å²) >= 11 is 1.63. The Labute approximate surface area is 123 Å². The van der Waals surface area contributed by atoms with E-state index in [9.17, 15) is 8.42 Å². The molecule has 0 saturated carbocycles. The average molecular weight is 311 g/mol. The molecule has 3 N–H and O–H groups in total. The van der Waals surface area contributed by atoms with E-state index in [4.69, 9.17) is 5.84 Å². The fourth-order valence-electron chi connectivity index (χ4n) is 1.75. The van der Waals surface area contributed by atoms with Gasteiger partial charge in [0.15, 0.2) is 0 Å². The molecule has 0 atom stereocenters. The molecule has 5 nitrogen and oxygen atoms in total. The molecule has 1 aromatic heterocycles. The van der Waals surface area contributed by atoms with Gasteiger partial charge in [-0.3, -0.25) is 5.84 Å². The number of nitrogens with two attached hydrogens (primary N) is 1. The molecule has 0 aliphatic rings. The van der Waals surface area contributed by atoms with E-state index in [1.54, 1.807) is 42.6 Å². The zero-order valence-corrected chi connectivity index (χ0v) is 12.7. The molecule has 0 fully saturated rings. The van der Waals surface area contributed by atoms with Crippen LogP contribution in [0.25, 0.3) is 0 Å². The maximum Gasteiger partial charge on any atom is 0.242 e. The summed E-state index contributed by atoms with van der Waals surface area (Å²) in [5.74, 6) is 5.26. The van der Waals surface area contributed by atoms with Gasteiger partial charge in [0.05, 0.1) is 4.90 Å². The summed E-state index contributed by atoms with van der Waals surface area (Å²) in [7, 11) is -1.85. The van der Waals surface area contributed by atoms with E-state index >= 15 is 0 Å². The number of hydrogen-bond acceptors (Lipinski definition) is 5. The third-order valence-electron chi connectivity index (χ3n) is 2.98. The van der Waals surface area contributed by atoms with Crippen LogP contribution in [0.15, 0.2) is 46.7 Å². The minimum atomic E-state index is -3.45. The molecule has 0 unspecified atom stereocenters. The van der Waals surface area contributed by atoms with Crippen LogP contribution in [-0.4, -0.2) is 26.3 Å². The van der Waals surface area contributed by atoms with Crippen molar-refractivity contribution in [2.45, 2.75) is 11.3 Å². The quantitative estimate of drug-likeness (QED) is 0.631. The van der Waals surface area contributed by atoms with Crippen LogP contribution in [-0.2, 0) is 16.4 Å². The van der Waals surface area contributed by atoms with Gasteiger partial charge < -0.3 is 5.43 Å². The number of nitrogen functional groups attached to an aromatic ring is 1. The number of hydrazine groups is 1. The van der Waals surface area contributed by atoms with Crippen molar-refractivity contribution in [1.29, 1.82) is 0 Å². The van der Waals surface area contributed by atoms with Crippen molar-refractivity contribution in [3.63, 3.8) is 0 Å². The SMILES string of the molecule is CN(CCc1cccs1)S(=O)(=O)c1ccc(NN)cc1. The molecule has 0 spiro atoms. The molecule has 0 amide bonds. The van der Waals surface area contributed by atoms with Crippen molar-refractivity contribution in [1.82, 2.24) is 4.31 Å². The van der Waals surface area contributed by atoms with Crippen LogP contribution < -0.4 is 11.3 Å². The number of thiophene rings is 1. The van der Waals surface area contributed by atoms with Gasteiger partial charge in [-0.05, 0) is 42.1 Å². The first-order chi connectivity index (χ1) is 9.54. The Balaban J connectivity index is 2.07. The van der Waals surface area contributed by atoms with Crippen molar-refractivity contribution in [3.8, 4) is 0 Å². The minimum absolute atomic E-state index is 0.269. The smallest absolute Gasteiger partial charge is 0.242 e. The predicted octanol–water partition coefficient (Wildman–Crippen LogP) is 1.90. The van der Waals surface area contributed by atoms with Crippen LogP contribution in [0.1, 0.15) is 4.88 Å². The molecule has 7 heteroatoms. The highest BCUT2D eigenvalue weighted by atomic mass is 32.2.